The summed E-state index contributed by atoms with van der Waals surface area (Å²) in [6.45, 7) is 4.72. The zero-order chi connectivity index (χ0) is 31.3. The van der Waals surface area contributed by atoms with Gasteiger partial charge >= 0.3 is 0 Å². The van der Waals surface area contributed by atoms with E-state index in [2.05, 4.69) is 170 Å². The van der Waals surface area contributed by atoms with Gasteiger partial charge in [-0.25, -0.2) is 0 Å². The molecule has 10 rings (SSSR count). The largest absolute Gasteiger partial charge is 0.309 e. The van der Waals surface area contributed by atoms with Crippen molar-refractivity contribution in [2.24, 2.45) is 0 Å². The Balaban J connectivity index is 1.21. The molecule has 0 spiro atoms. The molecule has 0 saturated heterocycles. The van der Waals surface area contributed by atoms with Gasteiger partial charge in [0.2, 0.25) is 0 Å². The molecule has 1 aliphatic carbocycles. The average Bonchev–Trinajstić information content (AvgIpc) is 3.73. The standard InChI is InChI=1S/C45H31NS/c1-45(2)39-14-8-6-12-33(39)34-20-19-32(27-40(34)45)46-41-21-16-29(28-10-4-3-5-11-28)24-36(41)37-25-30(17-22-42(37)46)31-18-23-44-38(26-31)35-13-7-9-15-43(35)47-44/h3-27H,1-2H3. The number of aromatic nitrogens is 1. The normalized spacial score (nSPS) is 13.5. The molecule has 7 aromatic carbocycles. The van der Waals surface area contributed by atoms with E-state index in [1.165, 1.54) is 92.2 Å². The van der Waals surface area contributed by atoms with Crippen LogP contribution >= 0.6 is 11.3 Å². The SMILES string of the molecule is CC1(C)c2ccccc2-c2ccc(-n3c4ccc(-c5ccccc5)cc4c4cc(-c5ccc6sc7ccccc7c6c5)ccc43)cc21. The molecule has 0 aliphatic heterocycles. The number of hydrogen-bond acceptors (Lipinski definition) is 1. The first-order valence-corrected chi connectivity index (χ1v) is 17.2. The van der Waals surface area contributed by atoms with E-state index in [1.54, 1.807) is 0 Å². The van der Waals surface area contributed by atoms with E-state index >= 15 is 0 Å². The Morgan fingerprint density at radius 1 is 0.426 bits per heavy atom. The van der Waals surface area contributed by atoms with Crippen LogP contribution in [-0.4, -0.2) is 4.57 Å². The maximum atomic E-state index is 2.47. The van der Waals surface area contributed by atoms with Crippen LogP contribution in [0.2, 0.25) is 0 Å². The van der Waals surface area contributed by atoms with Gasteiger partial charge in [0.15, 0.2) is 0 Å². The van der Waals surface area contributed by atoms with Crippen molar-refractivity contribution in [2.45, 2.75) is 19.3 Å². The molecule has 0 saturated carbocycles. The van der Waals surface area contributed by atoms with Crippen molar-refractivity contribution in [3.05, 3.63) is 163 Å². The summed E-state index contributed by atoms with van der Waals surface area (Å²) >= 11 is 1.87. The predicted octanol–water partition coefficient (Wildman–Crippen LogP) is 12.8. The molecule has 222 valence electrons. The van der Waals surface area contributed by atoms with Gasteiger partial charge in [0.1, 0.15) is 0 Å². The molecular weight excluding hydrogens is 587 g/mol. The van der Waals surface area contributed by atoms with Gasteiger partial charge in [-0.2, -0.15) is 0 Å². The van der Waals surface area contributed by atoms with Gasteiger partial charge in [-0.05, 0) is 99.1 Å². The fraction of sp³-hybridized carbons (Fsp3) is 0.0667. The molecule has 2 heteroatoms. The van der Waals surface area contributed by atoms with Gasteiger partial charge in [0.25, 0.3) is 0 Å². The molecule has 0 N–H and O–H groups in total. The van der Waals surface area contributed by atoms with Crippen LogP contribution in [0.25, 0.3) is 81.0 Å². The van der Waals surface area contributed by atoms with Crippen LogP contribution in [0.4, 0.5) is 0 Å². The lowest BCUT2D eigenvalue weighted by Crippen LogP contribution is -2.15. The Labute approximate surface area is 278 Å². The molecule has 1 nitrogen and oxygen atoms in total. The van der Waals surface area contributed by atoms with Crippen molar-refractivity contribution in [3.8, 4) is 39.1 Å². The van der Waals surface area contributed by atoms with E-state index in [9.17, 15) is 0 Å². The van der Waals surface area contributed by atoms with Gasteiger partial charge in [-0.3, -0.25) is 0 Å². The molecule has 9 aromatic rings. The zero-order valence-electron chi connectivity index (χ0n) is 26.3. The summed E-state index contributed by atoms with van der Waals surface area (Å²) in [5, 5.41) is 5.21. The minimum absolute atomic E-state index is 0.0567. The van der Waals surface area contributed by atoms with E-state index in [-0.39, 0.29) is 5.41 Å². The predicted molar refractivity (Wildman–Crippen MR) is 202 cm³/mol. The monoisotopic (exact) mass is 617 g/mol. The number of rotatable bonds is 3. The Hall–Kier alpha value is -5.44. The maximum absolute atomic E-state index is 2.47. The molecule has 47 heavy (non-hydrogen) atoms. The van der Waals surface area contributed by atoms with E-state index in [0.29, 0.717) is 0 Å². The molecule has 0 amide bonds. The summed E-state index contributed by atoms with van der Waals surface area (Å²) in [4.78, 5) is 0. The van der Waals surface area contributed by atoms with E-state index in [4.69, 9.17) is 0 Å². The summed E-state index contributed by atoms with van der Waals surface area (Å²) in [6.07, 6.45) is 0. The van der Waals surface area contributed by atoms with Crippen LogP contribution in [0.3, 0.4) is 0 Å². The summed E-state index contributed by atoms with van der Waals surface area (Å²) in [5.41, 5.74) is 14.1. The highest BCUT2D eigenvalue weighted by Crippen LogP contribution is 2.49. The summed E-state index contributed by atoms with van der Waals surface area (Å²) in [5.74, 6) is 0. The van der Waals surface area contributed by atoms with E-state index in [1.807, 2.05) is 11.3 Å². The lowest BCUT2D eigenvalue weighted by molar-refractivity contribution is 0.660. The lowest BCUT2D eigenvalue weighted by Gasteiger charge is -2.22. The van der Waals surface area contributed by atoms with Crippen LogP contribution < -0.4 is 0 Å². The number of fused-ring (bicyclic) bond motifs is 9. The zero-order valence-corrected chi connectivity index (χ0v) is 27.1. The number of hydrogen-bond donors (Lipinski definition) is 0. The number of thiophene rings is 1. The van der Waals surface area contributed by atoms with E-state index in [0.717, 1.165) is 0 Å². The van der Waals surface area contributed by atoms with Gasteiger partial charge < -0.3 is 4.57 Å². The molecule has 0 bridgehead atoms. The van der Waals surface area contributed by atoms with Crippen molar-refractivity contribution in [1.29, 1.82) is 0 Å². The number of benzene rings is 7. The highest BCUT2D eigenvalue weighted by Gasteiger charge is 2.35. The highest BCUT2D eigenvalue weighted by atomic mass is 32.1. The minimum atomic E-state index is -0.0567. The molecule has 1 aliphatic rings. The Morgan fingerprint density at radius 2 is 1.02 bits per heavy atom. The summed E-state index contributed by atoms with van der Waals surface area (Å²) < 4.78 is 5.15. The fourth-order valence-corrected chi connectivity index (χ4v) is 9.11. The Bertz CT molecular complexity index is 2700. The molecule has 0 fully saturated rings. The smallest absolute Gasteiger partial charge is 0.0541 e. The van der Waals surface area contributed by atoms with Crippen molar-refractivity contribution in [2.75, 3.05) is 0 Å². The fourth-order valence-electron chi connectivity index (χ4n) is 8.03. The first kappa shape index (κ1) is 26.7. The molecule has 0 radical (unpaired) electrons. The summed E-state index contributed by atoms with van der Waals surface area (Å²) in [7, 11) is 0. The maximum Gasteiger partial charge on any atom is 0.0541 e. The number of nitrogens with zero attached hydrogens (tertiary/aromatic N) is 1. The average molecular weight is 618 g/mol. The van der Waals surface area contributed by atoms with Crippen LogP contribution in [0, 0.1) is 0 Å². The Kier molecular flexibility index (Phi) is 5.57. The Morgan fingerprint density at radius 3 is 1.81 bits per heavy atom. The molecule has 0 atom stereocenters. The molecule has 0 unspecified atom stereocenters. The molecule has 2 heterocycles. The van der Waals surface area contributed by atoms with Gasteiger partial charge in [0, 0.05) is 42.0 Å². The van der Waals surface area contributed by atoms with Crippen LogP contribution in [0.5, 0.6) is 0 Å². The van der Waals surface area contributed by atoms with E-state index < -0.39 is 0 Å². The molecule has 2 aromatic heterocycles. The topological polar surface area (TPSA) is 4.93 Å². The third-order valence-corrected chi connectivity index (χ3v) is 11.6. The van der Waals surface area contributed by atoms with Crippen LogP contribution in [0.15, 0.2) is 152 Å². The lowest BCUT2D eigenvalue weighted by atomic mass is 9.82. The second-order valence-corrected chi connectivity index (χ2v) is 14.5. The van der Waals surface area contributed by atoms with Crippen molar-refractivity contribution >= 4 is 53.3 Å². The first-order chi connectivity index (χ1) is 23.0. The quantitative estimate of drug-likeness (QED) is 0.186. The third-order valence-electron chi connectivity index (χ3n) is 10.4. The van der Waals surface area contributed by atoms with Gasteiger partial charge in [-0.15, -0.1) is 11.3 Å². The first-order valence-electron chi connectivity index (χ1n) is 16.3. The highest BCUT2D eigenvalue weighted by molar-refractivity contribution is 7.25. The van der Waals surface area contributed by atoms with Crippen LogP contribution in [0.1, 0.15) is 25.0 Å². The van der Waals surface area contributed by atoms with Crippen molar-refractivity contribution < 1.29 is 0 Å². The van der Waals surface area contributed by atoms with Crippen molar-refractivity contribution in [3.63, 3.8) is 0 Å². The summed E-state index contributed by atoms with van der Waals surface area (Å²) in [6, 6.07) is 56.4. The third kappa shape index (κ3) is 3.89. The minimum Gasteiger partial charge on any atom is -0.309 e. The second kappa shape index (κ2) is 9.78. The van der Waals surface area contributed by atoms with Gasteiger partial charge in [0.05, 0.1) is 11.0 Å². The second-order valence-electron chi connectivity index (χ2n) is 13.4. The molecular formula is C45H31NS. The van der Waals surface area contributed by atoms with Crippen LogP contribution in [-0.2, 0) is 5.41 Å². The van der Waals surface area contributed by atoms with Gasteiger partial charge in [-0.1, -0.05) is 111 Å². The van der Waals surface area contributed by atoms with Crippen molar-refractivity contribution in [1.82, 2.24) is 4.57 Å².